The molecule has 1 amide bonds. The van der Waals surface area contributed by atoms with Crippen LogP contribution in [-0.2, 0) is 13.0 Å². The van der Waals surface area contributed by atoms with E-state index >= 15 is 0 Å². The molecule has 0 aliphatic carbocycles. The number of piperidine rings is 1. The maximum Gasteiger partial charge on any atom is 0.270 e. The van der Waals surface area contributed by atoms with Gasteiger partial charge in [-0.1, -0.05) is 19.9 Å². The van der Waals surface area contributed by atoms with Crippen LogP contribution in [0.4, 0.5) is 0 Å². The van der Waals surface area contributed by atoms with E-state index in [1.165, 1.54) is 16.5 Å². The van der Waals surface area contributed by atoms with Gasteiger partial charge in [0, 0.05) is 30.5 Å². The molecule has 1 saturated heterocycles. The van der Waals surface area contributed by atoms with Crippen LogP contribution in [0.5, 0.6) is 0 Å². The van der Waals surface area contributed by atoms with Crippen molar-refractivity contribution in [1.29, 1.82) is 0 Å². The molecule has 0 atom stereocenters. The fraction of sp³-hybridized carbons (Fsp3) is 0.550. The summed E-state index contributed by atoms with van der Waals surface area (Å²) in [6.07, 6.45) is 3.27. The second kappa shape index (κ2) is 6.38. The predicted molar refractivity (Wildman–Crippen MR) is 96.0 cm³/mol. The van der Waals surface area contributed by atoms with E-state index in [-0.39, 0.29) is 5.91 Å². The first-order valence-electron chi connectivity index (χ1n) is 8.97. The Hall–Kier alpha value is -1.77. The van der Waals surface area contributed by atoms with Gasteiger partial charge in [-0.2, -0.15) is 0 Å². The van der Waals surface area contributed by atoms with Crippen molar-refractivity contribution in [3.05, 3.63) is 35.0 Å². The second-order valence-corrected chi connectivity index (χ2v) is 6.90. The summed E-state index contributed by atoms with van der Waals surface area (Å²) in [5.41, 5.74) is 4.56. The average Bonchev–Trinajstić information content (AvgIpc) is 2.86. The van der Waals surface area contributed by atoms with Gasteiger partial charge < -0.3 is 9.47 Å². The standard InChI is InChI=1S/C20H28N2O/c1-5-16-7-8-18-17(13-16)15(4)19(22(18)6-2)20(23)21-11-9-14(3)10-12-21/h7-8,13-14H,5-6,9-12H2,1-4H3. The third-order valence-corrected chi connectivity index (χ3v) is 5.38. The molecule has 0 N–H and O–H groups in total. The van der Waals surface area contributed by atoms with E-state index in [9.17, 15) is 4.79 Å². The molecule has 2 aromatic rings. The number of amides is 1. The van der Waals surface area contributed by atoms with Crippen LogP contribution in [0.15, 0.2) is 18.2 Å². The number of rotatable bonds is 3. The lowest BCUT2D eigenvalue weighted by molar-refractivity contribution is 0.0686. The van der Waals surface area contributed by atoms with Crippen LogP contribution >= 0.6 is 0 Å². The molecular weight excluding hydrogens is 284 g/mol. The molecule has 23 heavy (non-hydrogen) atoms. The first-order valence-corrected chi connectivity index (χ1v) is 8.97. The van der Waals surface area contributed by atoms with Crippen LogP contribution in [0.2, 0.25) is 0 Å². The molecule has 124 valence electrons. The summed E-state index contributed by atoms with van der Waals surface area (Å²) in [7, 11) is 0. The molecule has 3 nitrogen and oxygen atoms in total. The quantitative estimate of drug-likeness (QED) is 0.824. The first kappa shape index (κ1) is 16.1. The summed E-state index contributed by atoms with van der Waals surface area (Å²) in [4.78, 5) is 15.2. The van der Waals surface area contributed by atoms with Crippen molar-refractivity contribution in [2.24, 2.45) is 5.92 Å². The maximum atomic E-state index is 13.1. The Bertz CT molecular complexity index is 721. The van der Waals surface area contributed by atoms with E-state index in [1.807, 2.05) is 4.90 Å². The van der Waals surface area contributed by atoms with Crippen LogP contribution < -0.4 is 0 Å². The molecule has 0 bridgehead atoms. The minimum absolute atomic E-state index is 0.213. The molecular formula is C20H28N2O. The lowest BCUT2D eigenvalue weighted by Gasteiger charge is -2.30. The highest BCUT2D eigenvalue weighted by Gasteiger charge is 2.26. The van der Waals surface area contributed by atoms with Crippen LogP contribution in [0, 0.1) is 12.8 Å². The molecule has 0 radical (unpaired) electrons. The molecule has 3 heteroatoms. The molecule has 1 fully saturated rings. The van der Waals surface area contributed by atoms with E-state index in [0.717, 1.165) is 56.1 Å². The lowest BCUT2D eigenvalue weighted by atomic mass is 9.99. The number of carbonyl (C=O) groups is 1. The monoisotopic (exact) mass is 312 g/mol. The zero-order valence-corrected chi connectivity index (χ0v) is 14.9. The highest BCUT2D eigenvalue weighted by molar-refractivity contribution is 6.01. The highest BCUT2D eigenvalue weighted by atomic mass is 16.2. The predicted octanol–water partition coefficient (Wildman–Crippen LogP) is 4.40. The second-order valence-electron chi connectivity index (χ2n) is 6.90. The zero-order valence-electron chi connectivity index (χ0n) is 14.9. The zero-order chi connectivity index (χ0) is 16.6. The van der Waals surface area contributed by atoms with Crippen molar-refractivity contribution >= 4 is 16.8 Å². The van der Waals surface area contributed by atoms with Gasteiger partial charge in [-0.3, -0.25) is 4.79 Å². The normalized spacial score (nSPS) is 16.3. The number of aryl methyl sites for hydroxylation is 3. The minimum Gasteiger partial charge on any atom is -0.337 e. The lowest BCUT2D eigenvalue weighted by Crippen LogP contribution is -2.39. The molecule has 0 saturated carbocycles. The van der Waals surface area contributed by atoms with E-state index in [4.69, 9.17) is 0 Å². The van der Waals surface area contributed by atoms with E-state index in [2.05, 4.69) is 50.5 Å². The number of hydrogen-bond donors (Lipinski definition) is 0. The number of likely N-dealkylation sites (tertiary alicyclic amines) is 1. The minimum atomic E-state index is 0.213. The van der Waals surface area contributed by atoms with Gasteiger partial charge in [-0.25, -0.2) is 0 Å². The molecule has 0 spiro atoms. The number of nitrogens with zero attached hydrogens (tertiary/aromatic N) is 2. The maximum absolute atomic E-state index is 13.1. The number of benzene rings is 1. The SMILES string of the molecule is CCc1ccc2c(c1)c(C)c(C(=O)N1CCC(C)CC1)n2CC. The Morgan fingerprint density at radius 1 is 1.22 bits per heavy atom. The van der Waals surface area contributed by atoms with Crippen molar-refractivity contribution in [3.63, 3.8) is 0 Å². The average molecular weight is 312 g/mol. The molecule has 1 aromatic heterocycles. The van der Waals surface area contributed by atoms with Gasteiger partial charge >= 0.3 is 0 Å². The number of aromatic nitrogens is 1. The smallest absolute Gasteiger partial charge is 0.270 e. The van der Waals surface area contributed by atoms with Crippen molar-refractivity contribution < 1.29 is 4.79 Å². The first-order chi connectivity index (χ1) is 11.1. The summed E-state index contributed by atoms with van der Waals surface area (Å²) in [6, 6.07) is 6.62. The van der Waals surface area contributed by atoms with Gasteiger partial charge in [0.05, 0.1) is 0 Å². The number of fused-ring (bicyclic) bond motifs is 1. The Balaban J connectivity index is 2.05. The van der Waals surface area contributed by atoms with Gasteiger partial charge in [0.1, 0.15) is 5.69 Å². The van der Waals surface area contributed by atoms with Crippen LogP contribution in [0.3, 0.4) is 0 Å². The van der Waals surface area contributed by atoms with Crippen LogP contribution in [-0.4, -0.2) is 28.5 Å². The summed E-state index contributed by atoms with van der Waals surface area (Å²) in [5.74, 6) is 0.954. The largest absolute Gasteiger partial charge is 0.337 e. The summed E-state index contributed by atoms with van der Waals surface area (Å²) in [6.45, 7) is 11.3. The Morgan fingerprint density at radius 3 is 2.52 bits per heavy atom. The highest BCUT2D eigenvalue weighted by Crippen LogP contribution is 2.29. The van der Waals surface area contributed by atoms with Crippen LogP contribution in [0.1, 0.15) is 55.2 Å². The Labute approximate surface area is 139 Å². The number of hydrogen-bond acceptors (Lipinski definition) is 1. The molecule has 1 aromatic carbocycles. The van der Waals surface area contributed by atoms with Gasteiger partial charge in [0.15, 0.2) is 0 Å². The summed E-state index contributed by atoms with van der Waals surface area (Å²) < 4.78 is 2.20. The van der Waals surface area contributed by atoms with Crippen molar-refractivity contribution in [3.8, 4) is 0 Å². The number of carbonyl (C=O) groups excluding carboxylic acids is 1. The third-order valence-electron chi connectivity index (χ3n) is 5.38. The molecule has 1 aliphatic rings. The fourth-order valence-electron chi connectivity index (χ4n) is 3.76. The van der Waals surface area contributed by atoms with Gasteiger partial charge in [0.2, 0.25) is 0 Å². The Kier molecular flexibility index (Phi) is 4.47. The molecule has 1 aliphatic heterocycles. The molecule has 2 heterocycles. The Morgan fingerprint density at radius 2 is 1.91 bits per heavy atom. The topological polar surface area (TPSA) is 25.2 Å². The van der Waals surface area contributed by atoms with Crippen molar-refractivity contribution in [2.75, 3.05) is 13.1 Å². The van der Waals surface area contributed by atoms with E-state index < -0.39 is 0 Å². The van der Waals surface area contributed by atoms with Gasteiger partial charge in [0.25, 0.3) is 5.91 Å². The summed E-state index contributed by atoms with van der Waals surface area (Å²) >= 11 is 0. The van der Waals surface area contributed by atoms with E-state index in [0.29, 0.717) is 0 Å². The third kappa shape index (κ3) is 2.77. The molecule has 3 rings (SSSR count). The fourth-order valence-corrected chi connectivity index (χ4v) is 3.76. The molecule has 0 unspecified atom stereocenters. The van der Waals surface area contributed by atoms with Crippen molar-refractivity contribution in [2.45, 2.75) is 53.5 Å². The van der Waals surface area contributed by atoms with Crippen molar-refractivity contribution in [1.82, 2.24) is 9.47 Å². The summed E-state index contributed by atoms with van der Waals surface area (Å²) in [5, 5.41) is 1.24. The van der Waals surface area contributed by atoms with Crippen LogP contribution in [0.25, 0.3) is 10.9 Å². The van der Waals surface area contributed by atoms with Gasteiger partial charge in [-0.05, 0) is 62.3 Å². The van der Waals surface area contributed by atoms with E-state index in [1.54, 1.807) is 0 Å². The van der Waals surface area contributed by atoms with Gasteiger partial charge in [-0.15, -0.1) is 0 Å².